The van der Waals surface area contributed by atoms with E-state index in [4.69, 9.17) is 5.73 Å². The van der Waals surface area contributed by atoms with Crippen LogP contribution in [0.15, 0.2) is 24.3 Å². The minimum atomic E-state index is -0.0965. The first-order chi connectivity index (χ1) is 6.99. The molecule has 0 spiro atoms. The molecule has 1 aliphatic carbocycles. The highest BCUT2D eigenvalue weighted by molar-refractivity contribution is 5.37. The summed E-state index contributed by atoms with van der Waals surface area (Å²) in [5.74, 6) is 0. The molecule has 0 aromatic heterocycles. The van der Waals surface area contributed by atoms with E-state index in [1.807, 2.05) is 0 Å². The number of rotatable bonds is 3. The molecule has 1 heteroatoms. The highest BCUT2D eigenvalue weighted by atomic mass is 14.8. The van der Waals surface area contributed by atoms with Crippen LogP contribution in [0.4, 0.5) is 0 Å². The van der Waals surface area contributed by atoms with Crippen molar-refractivity contribution in [3.8, 4) is 0 Å². The van der Waals surface area contributed by atoms with Crippen LogP contribution >= 0.6 is 0 Å². The van der Waals surface area contributed by atoms with E-state index in [1.165, 1.54) is 24.0 Å². The zero-order valence-electron chi connectivity index (χ0n) is 10.0. The standard InChI is InChI=1S/C14H21N/c1-4-11-5-7-12(8-6-11)14(9-10-14)13(2,3)15/h5-8H,4,9-10,15H2,1-3H3. The maximum Gasteiger partial charge on any atom is 0.0195 e. The van der Waals surface area contributed by atoms with Gasteiger partial charge in [0.15, 0.2) is 0 Å². The zero-order chi connectivity index (χ0) is 11.1. The van der Waals surface area contributed by atoms with E-state index < -0.39 is 0 Å². The number of hydrogen-bond donors (Lipinski definition) is 1. The Morgan fingerprint density at radius 2 is 1.73 bits per heavy atom. The van der Waals surface area contributed by atoms with Gasteiger partial charge in [0.2, 0.25) is 0 Å². The molecule has 0 radical (unpaired) electrons. The van der Waals surface area contributed by atoms with E-state index >= 15 is 0 Å². The molecule has 0 aliphatic heterocycles. The largest absolute Gasteiger partial charge is 0.325 e. The quantitative estimate of drug-likeness (QED) is 0.803. The Balaban J connectivity index is 2.30. The molecule has 15 heavy (non-hydrogen) atoms. The molecule has 2 rings (SSSR count). The van der Waals surface area contributed by atoms with Gasteiger partial charge in [-0.2, -0.15) is 0 Å². The molecular formula is C14H21N. The van der Waals surface area contributed by atoms with Crippen molar-refractivity contribution in [2.24, 2.45) is 5.73 Å². The molecule has 1 nitrogen and oxygen atoms in total. The fraction of sp³-hybridized carbons (Fsp3) is 0.571. The Bertz CT molecular complexity index is 339. The van der Waals surface area contributed by atoms with Gasteiger partial charge in [0.1, 0.15) is 0 Å². The molecule has 1 aromatic carbocycles. The highest BCUT2D eigenvalue weighted by Crippen LogP contribution is 2.54. The summed E-state index contributed by atoms with van der Waals surface area (Å²) in [4.78, 5) is 0. The van der Waals surface area contributed by atoms with Gasteiger partial charge in [-0.05, 0) is 44.2 Å². The summed E-state index contributed by atoms with van der Waals surface area (Å²) in [6.45, 7) is 6.48. The summed E-state index contributed by atoms with van der Waals surface area (Å²) in [6, 6.07) is 9.00. The summed E-state index contributed by atoms with van der Waals surface area (Å²) < 4.78 is 0. The average molecular weight is 203 g/mol. The first-order valence-corrected chi connectivity index (χ1v) is 5.88. The third-order valence-electron chi connectivity index (χ3n) is 3.90. The molecule has 1 aliphatic rings. The van der Waals surface area contributed by atoms with Crippen LogP contribution in [0.1, 0.15) is 44.7 Å². The van der Waals surface area contributed by atoms with Crippen molar-refractivity contribution in [2.75, 3.05) is 0 Å². The summed E-state index contributed by atoms with van der Waals surface area (Å²) in [7, 11) is 0. The minimum Gasteiger partial charge on any atom is -0.325 e. The molecule has 0 bridgehead atoms. The summed E-state index contributed by atoms with van der Waals surface area (Å²) in [5, 5.41) is 0. The van der Waals surface area contributed by atoms with Crippen molar-refractivity contribution in [1.82, 2.24) is 0 Å². The topological polar surface area (TPSA) is 26.0 Å². The van der Waals surface area contributed by atoms with Crippen LogP contribution in [0.25, 0.3) is 0 Å². The van der Waals surface area contributed by atoms with Gasteiger partial charge in [-0.15, -0.1) is 0 Å². The van der Waals surface area contributed by atoms with E-state index in [1.54, 1.807) is 0 Å². The SMILES string of the molecule is CCc1ccc(C2(C(C)(C)N)CC2)cc1. The molecule has 1 fully saturated rings. The van der Waals surface area contributed by atoms with Gasteiger partial charge in [0, 0.05) is 11.0 Å². The molecule has 0 atom stereocenters. The van der Waals surface area contributed by atoms with Gasteiger partial charge in [-0.25, -0.2) is 0 Å². The lowest BCUT2D eigenvalue weighted by molar-refractivity contribution is 0.391. The van der Waals surface area contributed by atoms with E-state index in [2.05, 4.69) is 45.0 Å². The average Bonchev–Trinajstić information content (AvgIpc) is 2.98. The minimum absolute atomic E-state index is 0.0965. The molecule has 0 heterocycles. The van der Waals surface area contributed by atoms with Gasteiger partial charge in [-0.1, -0.05) is 31.2 Å². The van der Waals surface area contributed by atoms with Crippen LogP contribution in [0.3, 0.4) is 0 Å². The van der Waals surface area contributed by atoms with Gasteiger partial charge in [0.05, 0.1) is 0 Å². The third kappa shape index (κ3) is 1.69. The second-order valence-corrected chi connectivity index (χ2v) is 5.35. The summed E-state index contributed by atoms with van der Waals surface area (Å²) in [5.41, 5.74) is 9.26. The Labute approximate surface area is 92.7 Å². The van der Waals surface area contributed by atoms with Crippen molar-refractivity contribution in [3.05, 3.63) is 35.4 Å². The van der Waals surface area contributed by atoms with Gasteiger partial charge >= 0.3 is 0 Å². The molecule has 0 saturated heterocycles. The molecular weight excluding hydrogens is 182 g/mol. The summed E-state index contributed by atoms with van der Waals surface area (Å²) >= 11 is 0. The van der Waals surface area contributed by atoms with Crippen LogP contribution in [0.5, 0.6) is 0 Å². The van der Waals surface area contributed by atoms with E-state index in [9.17, 15) is 0 Å². The number of hydrogen-bond acceptors (Lipinski definition) is 1. The number of aryl methyl sites for hydroxylation is 1. The molecule has 82 valence electrons. The first kappa shape index (κ1) is 10.7. The third-order valence-corrected chi connectivity index (χ3v) is 3.90. The van der Waals surface area contributed by atoms with E-state index in [0.29, 0.717) is 0 Å². The Kier molecular flexibility index (Phi) is 2.38. The van der Waals surface area contributed by atoms with Crippen molar-refractivity contribution >= 4 is 0 Å². The van der Waals surface area contributed by atoms with Gasteiger partial charge < -0.3 is 5.73 Å². The van der Waals surface area contributed by atoms with Crippen LogP contribution in [-0.4, -0.2) is 5.54 Å². The maximum atomic E-state index is 6.28. The Morgan fingerprint density at radius 1 is 1.20 bits per heavy atom. The van der Waals surface area contributed by atoms with Crippen LogP contribution in [0, 0.1) is 0 Å². The second kappa shape index (κ2) is 3.34. The van der Waals surface area contributed by atoms with Crippen LogP contribution in [-0.2, 0) is 11.8 Å². The normalized spacial score (nSPS) is 18.9. The predicted octanol–water partition coefficient (Wildman–Crippen LogP) is 3.02. The van der Waals surface area contributed by atoms with E-state index in [0.717, 1.165) is 6.42 Å². The smallest absolute Gasteiger partial charge is 0.0195 e. The lowest BCUT2D eigenvalue weighted by atomic mass is 9.79. The molecule has 0 amide bonds. The predicted molar refractivity (Wildman–Crippen MR) is 65.0 cm³/mol. The number of benzene rings is 1. The Morgan fingerprint density at radius 3 is 2.07 bits per heavy atom. The Hall–Kier alpha value is -0.820. The van der Waals surface area contributed by atoms with Crippen molar-refractivity contribution in [3.63, 3.8) is 0 Å². The van der Waals surface area contributed by atoms with E-state index in [-0.39, 0.29) is 11.0 Å². The fourth-order valence-corrected chi connectivity index (χ4v) is 2.49. The summed E-state index contributed by atoms with van der Waals surface area (Å²) in [6.07, 6.45) is 3.59. The van der Waals surface area contributed by atoms with Crippen molar-refractivity contribution in [2.45, 2.75) is 51.0 Å². The van der Waals surface area contributed by atoms with Crippen LogP contribution in [0.2, 0.25) is 0 Å². The molecule has 1 saturated carbocycles. The second-order valence-electron chi connectivity index (χ2n) is 5.35. The molecule has 2 N–H and O–H groups in total. The monoisotopic (exact) mass is 203 g/mol. The van der Waals surface area contributed by atoms with Crippen molar-refractivity contribution < 1.29 is 0 Å². The number of nitrogens with two attached hydrogens (primary N) is 1. The fourth-order valence-electron chi connectivity index (χ4n) is 2.49. The van der Waals surface area contributed by atoms with Gasteiger partial charge in [-0.3, -0.25) is 0 Å². The van der Waals surface area contributed by atoms with Crippen molar-refractivity contribution in [1.29, 1.82) is 0 Å². The van der Waals surface area contributed by atoms with Gasteiger partial charge in [0.25, 0.3) is 0 Å². The molecule has 1 aromatic rings. The maximum absolute atomic E-state index is 6.28. The lowest BCUT2D eigenvalue weighted by Gasteiger charge is -2.31. The zero-order valence-corrected chi connectivity index (χ0v) is 10.0. The molecule has 0 unspecified atom stereocenters. The highest BCUT2D eigenvalue weighted by Gasteiger charge is 2.53. The van der Waals surface area contributed by atoms with Crippen LogP contribution < -0.4 is 5.73 Å². The first-order valence-electron chi connectivity index (χ1n) is 5.88. The lowest BCUT2D eigenvalue weighted by Crippen LogP contribution is -2.45.